The fraction of sp³-hybridized carbons (Fsp3) is 0.727. The Balaban J connectivity index is 2.05. The molecule has 0 atom stereocenters. The molecule has 1 aliphatic heterocycles. The molecule has 1 aliphatic rings. The van der Waals surface area contributed by atoms with Gasteiger partial charge in [0, 0.05) is 0 Å². The highest BCUT2D eigenvalue weighted by Gasteiger charge is 2.46. The number of carbonyl (C=O) groups is 1. The van der Waals surface area contributed by atoms with Crippen LogP contribution in [0.5, 0.6) is 0 Å². The zero-order valence-electron chi connectivity index (χ0n) is 10.3. The minimum absolute atomic E-state index is 0.0535. The largest absolute Gasteiger partial charge is 0.386 e. The molecule has 0 bridgehead atoms. The molecule has 1 aromatic rings. The molecule has 2 heterocycles. The van der Waals surface area contributed by atoms with Crippen molar-refractivity contribution in [2.45, 2.75) is 32.8 Å². The Hall–Kier alpha value is -1.01. The zero-order chi connectivity index (χ0) is 12.6. The van der Waals surface area contributed by atoms with Gasteiger partial charge in [0.25, 0.3) is 5.91 Å². The number of hydrogen-bond donors (Lipinski definition) is 1. The molecular formula is C11H17N3O2S. The van der Waals surface area contributed by atoms with E-state index in [4.69, 9.17) is 0 Å². The van der Waals surface area contributed by atoms with Gasteiger partial charge < -0.3 is 10.0 Å². The van der Waals surface area contributed by atoms with Gasteiger partial charge in [0.2, 0.25) is 0 Å². The summed E-state index contributed by atoms with van der Waals surface area (Å²) in [4.78, 5) is 14.4. The standard InChI is InChI=1S/C11H17N3O2S/c1-4-8-9(17-13-12-8)10(15)14-5-11(16,6-14)7(2)3/h7,16H,4-6H2,1-3H3. The average Bonchev–Trinajstić information content (AvgIpc) is 2.71. The molecule has 5 nitrogen and oxygen atoms in total. The van der Waals surface area contributed by atoms with E-state index >= 15 is 0 Å². The van der Waals surface area contributed by atoms with Crippen molar-refractivity contribution >= 4 is 17.4 Å². The number of carbonyl (C=O) groups excluding carboxylic acids is 1. The van der Waals surface area contributed by atoms with Gasteiger partial charge in [-0.3, -0.25) is 4.79 Å². The second-order valence-electron chi connectivity index (χ2n) is 4.82. The van der Waals surface area contributed by atoms with E-state index in [0.717, 1.165) is 17.2 Å². The zero-order valence-corrected chi connectivity index (χ0v) is 11.1. The van der Waals surface area contributed by atoms with Crippen molar-refractivity contribution < 1.29 is 9.90 Å². The highest BCUT2D eigenvalue weighted by Crippen LogP contribution is 2.30. The average molecular weight is 255 g/mol. The summed E-state index contributed by atoms with van der Waals surface area (Å²) in [6.07, 6.45) is 0.708. The first-order valence-electron chi connectivity index (χ1n) is 5.81. The van der Waals surface area contributed by atoms with Gasteiger partial charge in [-0.1, -0.05) is 25.3 Å². The predicted molar refractivity (Wildman–Crippen MR) is 65.0 cm³/mol. The molecule has 6 heteroatoms. The van der Waals surface area contributed by atoms with Crippen LogP contribution in [-0.4, -0.2) is 44.2 Å². The minimum atomic E-state index is -0.722. The molecule has 0 radical (unpaired) electrons. The van der Waals surface area contributed by atoms with Crippen LogP contribution in [0.15, 0.2) is 0 Å². The van der Waals surface area contributed by atoms with Crippen molar-refractivity contribution in [2.75, 3.05) is 13.1 Å². The van der Waals surface area contributed by atoms with E-state index < -0.39 is 5.60 Å². The van der Waals surface area contributed by atoms with Gasteiger partial charge in [-0.2, -0.15) is 0 Å². The van der Waals surface area contributed by atoms with Crippen molar-refractivity contribution in [3.05, 3.63) is 10.6 Å². The van der Waals surface area contributed by atoms with Crippen LogP contribution >= 0.6 is 11.5 Å². The van der Waals surface area contributed by atoms with Gasteiger partial charge in [0.15, 0.2) is 0 Å². The summed E-state index contributed by atoms with van der Waals surface area (Å²) in [7, 11) is 0. The number of hydrogen-bond acceptors (Lipinski definition) is 5. The maximum absolute atomic E-state index is 12.1. The van der Waals surface area contributed by atoms with Crippen LogP contribution in [-0.2, 0) is 6.42 Å². The molecule has 1 saturated heterocycles. The van der Waals surface area contributed by atoms with E-state index in [9.17, 15) is 9.90 Å². The number of amides is 1. The summed E-state index contributed by atoms with van der Waals surface area (Å²) in [6, 6.07) is 0. The van der Waals surface area contributed by atoms with E-state index in [0.29, 0.717) is 24.4 Å². The summed E-state index contributed by atoms with van der Waals surface area (Å²) < 4.78 is 3.81. The number of β-amino-alcohol motifs (C(OH)–C–C–N with tert-alkyl or cyclic N) is 1. The first-order chi connectivity index (χ1) is 7.98. The molecule has 0 spiro atoms. The molecule has 0 aromatic carbocycles. The summed E-state index contributed by atoms with van der Waals surface area (Å²) in [5, 5.41) is 14.0. The van der Waals surface area contributed by atoms with Crippen LogP contribution < -0.4 is 0 Å². The molecule has 94 valence electrons. The van der Waals surface area contributed by atoms with Crippen LogP contribution in [0.2, 0.25) is 0 Å². The van der Waals surface area contributed by atoms with Gasteiger partial charge in [-0.05, 0) is 23.9 Å². The Labute approximate surface area is 105 Å². The third kappa shape index (κ3) is 2.07. The lowest BCUT2D eigenvalue weighted by atomic mass is 9.83. The smallest absolute Gasteiger partial charge is 0.267 e. The molecule has 1 amide bonds. The third-order valence-corrected chi connectivity index (χ3v) is 4.13. The number of aryl methyl sites for hydroxylation is 1. The Morgan fingerprint density at radius 2 is 2.24 bits per heavy atom. The molecular weight excluding hydrogens is 238 g/mol. The van der Waals surface area contributed by atoms with Crippen molar-refractivity contribution in [1.82, 2.24) is 14.5 Å². The summed E-state index contributed by atoms with van der Waals surface area (Å²) >= 11 is 1.13. The minimum Gasteiger partial charge on any atom is -0.386 e. The van der Waals surface area contributed by atoms with Gasteiger partial charge in [0.05, 0.1) is 18.8 Å². The lowest BCUT2D eigenvalue weighted by Gasteiger charge is -2.48. The van der Waals surface area contributed by atoms with Crippen LogP contribution in [0, 0.1) is 5.92 Å². The highest BCUT2D eigenvalue weighted by atomic mass is 32.1. The molecule has 17 heavy (non-hydrogen) atoms. The highest BCUT2D eigenvalue weighted by molar-refractivity contribution is 7.08. The quantitative estimate of drug-likeness (QED) is 0.873. The van der Waals surface area contributed by atoms with E-state index in [1.165, 1.54) is 0 Å². The van der Waals surface area contributed by atoms with E-state index in [2.05, 4.69) is 9.59 Å². The predicted octanol–water partition coefficient (Wildman–Crippen LogP) is 0.943. The van der Waals surface area contributed by atoms with E-state index in [1.54, 1.807) is 4.90 Å². The summed E-state index contributed by atoms with van der Waals surface area (Å²) in [5.41, 5.74) is 0.0279. The first kappa shape index (κ1) is 12.4. The molecule has 0 unspecified atom stereocenters. The van der Waals surface area contributed by atoms with Gasteiger partial charge in [0.1, 0.15) is 10.5 Å². The maximum Gasteiger partial charge on any atom is 0.267 e. The van der Waals surface area contributed by atoms with Gasteiger partial charge >= 0.3 is 0 Å². The number of nitrogens with zero attached hydrogens (tertiary/aromatic N) is 3. The molecule has 1 fully saturated rings. The summed E-state index contributed by atoms with van der Waals surface area (Å²) in [6.45, 7) is 6.70. The first-order valence-corrected chi connectivity index (χ1v) is 6.58. The van der Waals surface area contributed by atoms with Crippen LogP contribution in [0.1, 0.15) is 36.1 Å². The topological polar surface area (TPSA) is 66.3 Å². The van der Waals surface area contributed by atoms with Crippen LogP contribution in [0.25, 0.3) is 0 Å². The van der Waals surface area contributed by atoms with Gasteiger partial charge in [-0.15, -0.1) is 5.10 Å². The number of rotatable bonds is 3. The molecule has 0 saturated carbocycles. The fourth-order valence-corrected chi connectivity index (χ4v) is 2.59. The van der Waals surface area contributed by atoms with Crippen molar-refractivity contribution in [3.63, 3.8) is 0 Å². The Kier molecular flexibility index (Phi) is 3.18. The van der Waals surface area contributed by atoms with Crippen molar-refractivity contribution in [1.29, 1.82) is 0 Å². The third-order valence-electron chi connectivity index (χ3n) is 3.38. The molecule has 2 rings (SSSR count). The fourth-order valence-electron chi connectivity index (χ4n) is 1.87. The van der Waals surface area contributed by atoms with Crippen LogP contribution in [0.4, 0.5) is 0 Å². The second kappa shape index (κ2) is 4.34. The lowest BCUT2D eigenvalue weighted by molar-refractivity contribution is -0.110. The molecule has 1 N–H and O–H groups in total. The van der Waals surface area contributed by atoms with E-state index in [1.807, 2.05) is 20.8 Å². The van der Waals surface area contributed by atoms with Crippen LogP contribution in [0.3, 0.4) is 0 Å². The normalized spacial score (nSPS) is 18.3. The maximum atomic E-state index is 12.1. The molecule has 1 aromatic heterocycles. The SMILES string of the molecule is CCc1nnsc1C(=O)N1CC(O)(C(C)C)C1. The Morgan fingerprint density at radius 1 is 1.59 bits per heavy atom. The van der Waals surface area contributed by atoms with Gasteiger partial charge in [-0.25, -0.2) is 0 Å². The van der Waals surface area contributed by atoms with Crippen molar-refractivity contribution in [2.24, 2.45) is 5.92 Å². The van der Waals surface area contributed by atoms with Crippen molar-refractivity contribution in [3.8, 4) is 0 Å². The number of likely N-dealkylation sites (tertiary alicyclic amines) is 1. The number of aliphatic hydroxyl groups is 1. The Morgan fingerprint density at radius 3 is 2.76 bits per heavy atom. The van der Waals surface area contributed by atoms with E-state index in [-0.39, 0.29) is 11.8 Å². The molecule has 0 aliphatic carbocycles. The monoisotopic (exact) mass is 255 g/mol. The lowest BCUT2D eigenvalue weighted by Crippen LogP contribution is -2.65. The number of aromatic nitrogens is 2. The Bertz CT molecular complexity index is 424. The second-order valence-corrected chi connectivity index (χ2v) is 5.58. The summed E-state index contributed by atoms with van der Waals surface area (Å²) in [5.74, 6) is 0.110.